The molecule has 0 spiro atoms. The highest BCUT2D eigenvalue weighted by molar-refractivity contribution is 5.73. The Morgan fingerprint density at radius 1 is 0.923 bits per heavy atom. The molecule has 0 radical (unpaired) electrons. The van der Waals surface area contributed by atoms with E-state index in [4.69, 9.17) is 23.7 Å². The van der Waals surface area contributed by atoms with Gasteiger partial charge in [-0.25, -0.2) is 0 Å². The lowest BCUT2D eigenvalue weighted by Gasteiger charge is -2.40. The van der Waals surface area contributed by atoms with E-state index in [1.54, 1.807) is 0 Å². The highest BCUT2D eigenvalue weighted by Gasteiger charge is 2.44. The number of hydrogen-bond acceptors (Lipinski definition) is 9. The topological polar surface area (TPSA) is 136 Å². The van der Waals surface area contributed by atoms with Gasteiger partial charge in [-0.1, -0.05) is 6.92 Å². The van der Waals surface area contributed by atoms with Crippen LogP contribution >= 0.6 is 0 Å². The van der Waals surface area contributed by atoms with Crippen molar-refractivity contribution in [3.8, 4) is 0 Å². The smallest absolute Gasteiger partial charge is 0.217 e. The van der Waals surface area contributed by atoms with Crippen molar-refractivity contribution in [2.24, 2.45) is 0 Å². The zero-order chi connectivity index (χ0) is 19.4. The first kappa shape index (κ1) is 23.2. The molecule has 1 amide bonds. The molecule has 0 aromatic carbocycles. The fourth-order valence-electron chi connectivity index (χ4n) is 2.29. The van der Waals surface area contributed by atoms with Crippen LogP contribution in [-0.2, 0) is 28.5 Å². The van der Waals surface area contributed by atoms with Crippen LogP contribution < -0.4 is 5.32 Å². The minimum Gasteiger partial charge on any atom is -0.388 e. The first-order valence-corrected chi connectivity index (χ1v) is 8.79. The lowest BCUT2D eigenvalue weighted by molar-refractivity contribution is -0.316. The molecule has 0 aromatic heterocycles. The molecule has 10 nitrogen and oxygen atoms in total. The predicted molar refractivity (Wildman–Crippen MR) is 89.2 cm³/mol. The minimum absolute atomic E-state index is 0.107. The van der Waals surface area contributed by atoms with Crippen molar-refractivity contribution in [2.75, 3.05) is 46.2 Å². The second-order valence-corrected chi connectivity index (χ2v) is 5.81. The molecule has 1 saturated heterocycles. The van der Waals surface area contributed by atoms with Gasteiger partial charge in [-0.05, 0) is 6.42 Å². The Kier molecular flexibility index (Phi) is 11.9. The fraction of sp³-hybridized carbons (Fsp3) is 0.938. The van der Waals surface area contributed by atoms with E-state index in [2.05, 4.69) is 5.32 Å². The summed E-state index contributed by atoms with van der Waals surface area (Å²) >= 11 is 0. The number of aliphatic hydroxyl groups excluding tert-OH is 3. The van der Waals surface area contributed by atoms with E-state index in [9.17, 15) is 20.1 Å². The van der Waals surface area contributed by atoms with Gasteiger partial charge in [-0.3, -0.25) is 4.79 Å². The van der Waals surface area contributed by atoms with E-state index < -0.39 is 36.7 Å². The third-order valence-electron chi connectivity index (χ3n) is 3.55. The Hall–Kier alpha value is -0.850. The van der Waals surface area contributed by atoms with Crippen LogP contribution in [0.15, 0.2) is 0 Å². The van der Waals surface area contributed by atoms with Gasteiger partial charge in [0.25, 0.3) is 0 Å². The van der Waals surface area contributed by atoms with Gasteiger partial charge in [0, 0.05) is 13.5 Å². The van der Waals surface area contributed by atoms with Crippen LogP contribution in [0.4, 0.5) is 0 Å². The van der Waals surface area contributed by atoms with Crippen molar-refractivity contribution >= 4 is 5.91 Å². The van der Waals surface area contributed by atoms with Crippen LogP contribution in [-0.4, -0.2) is 98.3 Å². The van der Waals surface area contributed by atoms with Crippen molar-refractivity contribution in [1.29, 1.82) is 0 Å². The summed E-state index contributed by atoms with van der Waals surface area (Å²) in [4.78, 5) is 11.2. The molecular formula is C16H31NO9. The van der Waals surface area contributed by atoms with E-state index in [1.807, 2.05) is 6.92 Å². The Morgan fingerprint density at radius 2 is 1.46 bits per heavy atom. The van der Waals surface area contributed by atoms with Crippen molar-refractivity contribution in [3.05, 3.63) is 0 Å². The number of rotatable bonds is 13. The van der Waals surface area contributed by atoms with Crippen LogP contribution in [0.25, 0.3) is 0 Å². The van der Waals surface area contributed by atoms with Crippen LogP contribution in [0.1, 0.15) is 20.3 Å². The highest BCUT2D eigenvalue weighted by Crippen LogP contribution is 2.20. The molecule has 1 aliphatic rings. The molecule has 1 aliphatic heterocycles. The third-order valence-corrected chi connectivity index (χ3v) is 3.55. The third kappa shape index (κ3) is 8.69. The maximum absolute atomic E-state index is 11.2. The molecule has 5 atom stereocenters. The Balaban J connectivity index is 2.16. The highest BCUT2D eigenvalue weighted by atomic mass is 16.7. The van der Waals surface area contributed by atoms with Gasteiger partial charge in [0.15, 0.2) is 12.6 Å². The minimum atomic E-state index is -1.61. The number of nitrogens with one attached hydrogen (secondary N) is 1. The second kappa shape index (κ2) is 13.3. The van der Waals surface area contributed by atoms with E-state index in [-0.39, 0.29) is 13.2 Å². The molecule has 10 heteroatoms. The van der Waals surface area contributed by atoms with Crippen molar-refractivity contribution in [3.63, 3.8) is 0 Å². The van der Waals surface area contributed by atoms with Gasteiger partial charge in [0.1, 0.15) is 18.2 Å². The molecule has 1 unspecified atom stereocenters. The average Bonchev–Trinajstić information content (AvgIpc) is 2.60. The maximum atomic E-state index is 11.2. The molecule has 0 aromatic rings. The van der Waals surface area contributed by atoms with Gasteiger partial charge in [-0.2, -0.15) is 0 Å². The van der Waals surface area contributed by atoms with E-state index in [1.165, 1.54) is 6.92 Å². The number of aliphatic hydroxyl groups is 3. The molecule has 1 heterocycles. The SMILES string of the molecule is CCCOCCOCCOCCOC1O[C@H](O)[C@H](O)[C@H](O)[C@H]1NC(C)=O. The van der Waals surface area contributed by atoms with Gasteiger partial charge in [0.05, 0.1) is 39.6 Å². The largest absolute Gasteiger partial charge is 0.388 e. The standard InChI is InChI=1S/C16H31NO9/c1-3-4-22-5-6-23-7-8-24-9-10-25-16-12(17-11(2)18)13(19)14(20)15(21)26-16/h12-16,19-21H,3-10H2,1-2H3,(H,17,18)/t12-,13-,14-,15+,16?/m1/s1. The summed E-state index contributed by atoms with van der Waals surface area (Å²) < 4.78 is 26.4. The molecule has 4 N–H and O–H groups in total. The van der Waals surface area contributed by atoms with Gasteiger partial charge in [-0.15, -0.1) is 0 Å². The lowest BCUT2D eigenvalue weighted by Crippen LogP contribution is -2.64. The van der Waals surface area contributed by atoms with E-state index >= 15 is 0 Å². The summed E-state index contributed by atoms with van der Waals surface area (Å²) in [5, 5.41) is 31.6. The number of ether oxygens (including phenoxy) is 5. The predicted octanol–water partition coefficient (Wildman–Crippen LogP) is -1.64. The maximum Gasteiger partial charge on any atom is 0.217 e. The fourth-order valence-corrected chi connectivity index (χ4v) is 2.29. The Morgan fingerprint density at radius 3 is 2.00 bits per heavy atom. The molecule has 26 heavy (non-hydrogen) atoms. The summed E-state index contributed by atoms with van der Waals surface area (Å²) in [7, 11) is 0. The number of carbonyl (C=O) groups is 1. The van der Waals surface area contributed by atoms with Gasteiger partial charge >= 0.3 is 0 Å². The summed E-state index contributed by atoms with van der Waals surface area (Å²) in [6, 6.07) is -1.00. The van der Waals surface area contributed by atoms with E-state index in [0.29, 0.717) is 26.4 Å². The molecule has 0 bridgehead atoms. The molecule has 1 rings (SSSR count). The summed E-state index contributed by atoms with van der Waals surface area (Å²) in [6.07, 6.45) is -4.70. The zero-order valence-electron chi connectivity index (χ0n) is 15.3. The summed E-state index contributed by atoms with van der Waals surface area (Å²) in [5.41, 5.74) is 0. The Labute approximate surface area is 153 Å². The van der Waals surface area contributed by atoms with Crippen LogP contribution in [0, 0.1) is 0 Å². The van der Waals surface area contributed by atoms with Crippen molar-refractivity contribution < 1.29 is 43.8 Å². The first-order valence-electron chi connectivity index (χ1n) is 8.79. The van der Waals surface area contributed by atoms with E-state index in [0.717, 1.165) is 13.0 Å². The molecular weight excluding hydrogens is 350 g/mol. The van der Waals surface area contributed by atoms with Gasteiger partial charge < -0.3 is 44.3 Å². The van der Waals surface area contributed by atoms with Crippen LogP contribution in [0.5, 0.6) is 0 Å². The second-order valence-electron chi connectivity index (χ2n) is 5.81. The average molecular weight is 381 g/mol. The number of hydrogen-bond donors (Lipinski definition) is 4. The van der Waals surface area contributed by atoms with Crippen molar-refractivity contribution in [2.45, 2.75) is 51.1 Å². The van der Waals surface area contributed by atoms with Gasteiger partial charge in [0.2, 0.25) is 5.91 Å². The molecule has 0 saturated carbocycles. The molecule has 0 aliphatic carbocycles. The van der Waals surface area contributed by atoms with Crippen molar-refractivity contribution in [1.82, 2.24) is 5.32 Å². The number of carbonyl (C=O) groups excluding carboxylic acids is 1. The monoisotopic (exact) mass is 381 g/mol. The first-order chi connectivity index (χ1) is 12.5. The zero-order valence-corrected chi connectivity index (χ0v) is 15.3. The van der Waals surface area contributed by atoms with Crippen LogP contribution in [0.3, 0.4) is 0 Å². The lowest BCUT2D eigenvalue weighted by atomic mass is 10.0. The number of amides is 1. The summed E-state index contributed by atoms with van der Waals surface area (Å²) in [6.45, 7) is 6.22. The molecule has 1 fully saturated rings. The normalized spacial score (nSPS) is 28.9. The quantitative estimate of drug-likeness (QED) is 0.277. The molecule has 154 valence electrons. The Bertz CT molecular complexity index is 385. The van der Waals surface area contributed by atoms with Crippen LogP contribution in [0.2, 0.25) is 0 Å². The summed E-state index contributed by atoms with van der Waals surface area (Å²) in [5.74, 6) is -0.425.